The number of aliphatic hydroxyl groups is 1. The number of ether oxygens (including phenoxy) is 2. The van der Waals surface area contributed by atoms with Gasteiger partial charge in [-0.25, -0.2) is 4.68 Å². The quantitative estimate of drug-likeness (QED) is 0.339. The average molecular weight is 494 g/mol. The molecule has 14 heteroatoms. The van der Waals surface area contributed by atoms with E-state index >= 15 is 0 Å². The molecular formula is C22H22N8O6. The summed E-state index contributed by atoms with van der Waals surface area (Å²) < 4.78 is 17.3. The molecule has 4 heterocycles. The number of nitrogen functional groups attached to an aromatic ring is 1. The number of hydrogen-bond donors (Lipinski definition) is 3. The summed E-state index contributed by atoms with van der Waals surface area (Å²) in [6.45, 7) is 1.62. The molecule has 2 amide bonds. The lowest BCUT2D eigenvalue weighted by Crippen LogP contribution is -2.63. The topological polar surface area (TPSA) is 184 Å². The van der Waals surface area contributed by atoms with Crippen molar-refractivity contribution >= 4 is 40.1 Å². The van der Waals surface area contributed by atoms with E-state index in [1.54, 1.807) is 30.5 Å². The number of morpholine rings is 1. The van der Waals surface area contributed by atoms with E-state index in [9.17, 15) is 14.7 Å². The summed E-state index contributed by atoms with van der Waals surface area (Å²) in [5.41, 5.74) is 5.11. The lowest BCUT2D eigenvalue weighted by Gasteiger charge is -2.40. The van der Waals surface area contributed by atoms with Crippen molar-refractivity contribution in [2.24, 2.45) is 0 Å². The molecule has 3 aromatic heterocycles. The molecule has 1 saturated heterocycles. The van der Waals surface area contributed by atoms with Crippen LogP contribution in [0.25, 0.3) is 16.7 Å². The minimum atomic E-state index is -1.85. The maximum Gasteiger partial charge on any atom is 0.263 e. The monoisotopic (exact) mass is 494 g/mol. The van der Waals surface area contributed by atoms with Gasteiger partial charge in [-0.15, -0.1) is 10.2 Å². The number of aromatic nitrogens is 5. The summed E-state index contributed by atoms with van der Waals surface area (Å²) in [6.07, 6.45) is 1.31. The van der Waals surface area contributed by atoms with Crippen LogP contribution in [0.4, 0.5) is 17.3 Å². The molecule has 1 fully saturated rings. The zero-order valence-corrected chi connectivity index (χ0v) is 19.3. The third-order valence-electron chi connectivity index (χ3n) is 5.87. The predicted molar refractivity (Wildman–Crippen MR) is 125 cm³/mol. The molecule has 14 nitrogen and oxygen atoms in total. The minimum Gasteiger partial charge on any atom is -0.480 e. The summed E-state index contributed by atoms with van der Waals surface area (Å²) in [5.74, 6) is -0.616. The van der Waals surface area contributed by atoms with E-state index in [2.05, 4.69) is 25.8 Å². The Bertz CT molecular complexity index is 1450. The van der Waals surface area contributed by atoms with Gasteiger partial charge < -0.3 is 30.2 Å². The summed E-state index contributed by atoms with van der Waals surface area (Å²) in [6, 6.07) is 7.97. The second-order valence-electron chi connectivity index (χ2n) is 8.16. The van der Waals surface area contributed by atoms with Gasteiger partial charge in [0, 0.05) is 30.1 Å². The highest BCUT2D eigenvalue weighted by atomic mass is 16.5. The lowest BCUT2D eigenvalue weighted by molar-refractivity contribution is -0.170. The van der Waals surface area contributed by atoms with Crippen molar-refractivity contribution in [3.8, 4) is 11.6 Å². The minimum absolute atomic E-state index is 0.0768. The highest BCUT2D eigenvalue weighted by molar-refractivity contribution is 6.06. The number of benzene rings is 1. The largest absolute Gasteiger partial charge is 0.480 e. The molecule has 4 aromatic rings. The molecule has 4 N–H and O–H groups in total. The molecule has 0 radical (unpaired) electrons. The SMILES string of the molecule is COc1cc(-n2ccc(N3CCO[C@](C)([C@@H](O)C(=O)Nc4ccc5c(N)noc5c4)C3=O)n2)cnn1. The van der Waals surface area contributed by atoms with E-state index in [-0.39, 0.29) is 19.0 Å². The molecule has 1 aliphatic rings. The molecule has 0 unspecified atom stereocenters. The number of carbonyl (C=O) groups is 2. The molecule has 0 saturated carbocycles. The van der Waals surface area contributed by atoms with Crippen LogP contribution in [0.3, 0.4) is 0 Å². The van der Waals surface area contributed by atoms with Crippen molar-refractivity contribution in [2.45, 2.75) is 18.6 Å². The Morgan fingerprint density at radius 1 is 1.33 bits per heavy atom. The number of nitrogens with zero attached hydrogens (tertiary/aromatic N) is 6. The number of rotatable bonds is 6. The van der Waals surface area contributed by atoms with Crippen LogP contribution in [0.1, 0.15) is 6.92 Å². The van der Waals surface area contributed by atoms with Crippen LogP contribution in [0.15, 0.2) is 47.2 Å². The molecule has 186 valence electrons. The van der Waals surface area contributed by atoms with E-state index in [1.165, 1.54) is 35.9 Å². The maximum atomic E-state index is 13.4. The number of amides is 2. The highest BCUT2D eigenvalue weighted by Gasteiger charge is 2.51. The third-order valence-corrected chi connectivity index (χ3v) is 5.87. The number of carbonyl (C=O) groups excluding carboxylic acids is 2. The number of aliphatic hydroxyl groups excluding tert-OH is 1. The van der Waals surface area contributed by atoms with Gasteiger partial charge in [0.2, 0.25) is 5.88 Å². The van der Waals surface area contributed by atoms with Gasteiger partial charge in [-0.3, -0.25) is 14.5 Å². The summed E-state index contributed by atoms with van der Waals surface area (Å²) in [5, 5.41) is 29.8. The second-order valence-corrected chi connectivity index (χ2v) is 8.16. The van der Waals surface area contributed by atoms with Crippen molar-refractivity contribution in [2.75, 3.05) is 36.2 Å². The van der Waals surface area contributed by atoms with Gasteiger partial charge in [0.25, 0.3) is 11.8 Å². The van der Waals surface area contributed by atoms with Crippen LogP contribution < -0.4 is 20.7 Å². The van der Waals surface area contributed by atoms with Crippen molar-refractivity contribution in [1.29, 1.82) is 0 Å². The molecule has 1 aromatic carbocycles. The first-order chi connectivity index (χ1) is 17.3. The van der Waals surface area contributed by atoms with Crippen LogP contribution >= 0.6 is 0 Å². The number of nitrogens with two attached hydrogens (primary N) is 1. The Balaban J connectivity index is 1.34. The number of hydrogen-bond acceptors (Lipinski definition) is 11. The smallest absolute Gasteiger partial charge is 0.263 e. The normalized spacial score (nSPS) is 18.9. The zero-order valence-electron chi connectivity index (χ0n) is 19.3. The van der Waals surface area contributed by atoms with Crippen LogP contribution in [-0.2, 0) is 14.3 Å². The van der Waals surface area contributed by atoms with E-state index in [4.69, 9.17) is 19.7 Å². The van der Waals surface area contributed by atoms with Crippen molar-refractivity contribution in [1.82, 2.24) is 25.1 Å². The van der Waals surface area contributed by atoms with Crippen molar-refractivity contribution in [3.63, 3.8) is 0 Å². The fraction of sp³-hybridized carbons (Fsp3) is 0.273. The number of fused-ring (bicyclic) bond motifs is 1. The van der Waals surface area contributed by atoms with E-state index in [1.807, 2.05) is 0 Å². The average Bonchev–Trinajstić information content (AvgIpc) is 3.52. The molecule has 1 aliphatic heterocycles. The fourth-order valence-corrected chi connectivity index (χ4v) is 3.85. The molecule has 0 aliphatic carbocycles. The Morgan fingerprint density at radius 2 is 2.17 bits per heavy atom. The molecule has 36 heavy (non-hydrogen) atoms. The van der Waals surface area contributed by atoms with Gasteiger partial charge in [0.15, 0.2) is 28.9 Å². The van der Waals surface area contributed by atoms with Gasteiger partial charge in [-0.05, 0) is 19.1 Å². The standard InChI is InChI=1S/C22H22N8O6/c1-22(18(31)20(32)25-12-3-4-14-15(9-12)36-28-19(14)23)21(33)29(7-8-35-22)16-5-6-30(27-16)13-10-17(34-2)26-24-11-13/h3-6,9-11,18,31H,7-8H2,1-2H3,(H2,23,28)(H,25,32)/t18-,22+/m0/s1. The number of nitrogens with one attached hydrogen (secondary N) is 1. The summed E-state index contributed by atoms with van der Waals surface area (Å²) in [7, 11) is 1.47. The molecular weight excluding hydrogens is 472 g/mol. The third kappa shape index (κ3) is 3.97. The summed E-state index contributed by atoms with van der Waals surface area (Å²) >= 11 is 0. The van der Waals surface area contributed by atoms with Crippen molar-refractivity contribution in [3.05, 3.63) is 42.7 Å². The zero-order chi connectivity index (χ0) is 25.4. The molecule has 0 spiro atoms. The van der Waals surface area contributed by atoms with Crippen LogP contribution in [0, 0.1) is 0 Å². The van der Waals surface area contributed by atoms with Gasteiger partial charge in [0.05, 0.1) is 37.5 Å². The fourth-order valence-electron chi connectivity index (χ4n) is 3.85. The maximum absolute atomic E-state index is 13.4. The summed E-state index contributed by atoms with van der Waals surface area (Å²) in [4.78, 5) is 27.6. The van der Waals surface area contributed by atoms with Crippen LogP contribution in [-0.4, -0.2) is 74.0 Å². The van der Waals surface area contributed by atoms with Gasteiger partial charge in [0.1, 0.15) is 0 Å². The first-order valence-corrected chi connectivity index (χ1v) is 10.8. The Kier molecular flexibility index (Phi) is 5.74. The molecule has 2 atom stereocenters. The second kappa shape index (κ2) is 8.90. The lowest BCUT2D eigenvalue weighted by atomic mass is 9.94. The highest BCUT2D eigenvalue weighted by Crippen LogP contribution is 2.29. The van der Waals surface area contributed by atoms with Gasteiger partial charge >= 0.3 is 0 Å². The Hall–Kier alpha value is -4.56. The van der Waals surface area contributed by atoms with E-state index < -0.39 is 23.5 Å². The Labute approximate surface area is 203 Å². The van der Waals surface area contributed by atoms with Gasteiger partial charge in [-0.2, -0.15) is 5.10 Å². The molecule has 5 rings (SSSR count). The first-order valence-electron chi connectivity index (χ1n) is 10.8. The number of anilines is 3. The first kappa shape index (κ1) is 23.2. The van der Waals surface area contributed by atoms with Crippen LogP contribution in [0.2, 0.25) is 0 Å². The Morgan fingerprint density at radius 3 is 2.97 bits per heavy atom. The van der Waals surface area contributed by atoms with Crippen molar-refractivity contribution < 1.29 is 28.7 Å². The van der Waals surface area contributed by atoms with Gasteiger partial charge in [-0.1, -0.05) is 5.16 Å². The molecule has 0 bridgehead atoms. The van der Waals surface area contributed by atoms with Crippen LogP contribution in [0.5, 0.6) is 5.88 Å². The van der Waals surface area contributed by atoms with E-state index in [0.29, 0.717) is 34.0 Å². The predicted octanol–water partition coefficient (Wildman–Crippen LogP) is 0.516. The number of methoxy groups -OCH3 is 1. The van der Waals surface area contributed by atoms with E-state index in [0.717, 1.165) is 0 Å².